The van der Waals surface area contributed by atoms with Gasteiger partial charge < -0.3 is 40.2 Å². The highest BCUT2D eigenvalue weighted by Gasteiger charge is 2.43. The van der Waals surface area contributed by atoms with Crippen molar-refractivity contribution in [2.24, 2.45) is 5.92 Å². The molecule has 58 heavy (non-hydrogen) atoms. The molecule has 4 aromatic carbocycles. The second-order valence-corrected chi connectivity index (χ2v) is 15.4. The van der Waals surface area contributed by atoms with Crippen molar-refractivity contribution in [3.8, 4) is 11.5 Å². The van der Waals surface area contributed by atoms with E-state index in [4.69, 9.17) is 4.74 Å². The van der Waals surface area contributed by atoms with Gasteiger partial charge in [0.05, 0.1) is 23.7 Å². The fraction of sp³-hybridized carbons (Fsp3) is 0.370. The summed E-state index contributed by atoms with van der Waals surface area (Å²) in [5.74, 6) is 0.901. The van der Waals surface area contributed by atoms with E-state index in [1.165, 1.54) is 12.1 Å². The van der Waals surface area contributed by atoms with Gasteiger partial charge in [-0.25, -0.2) is 4.79 Å². The van der Waals surface area contributed by atoms with Crippen molar-refractivity contribution in [3.05, 3.63) is 141 Å². The maximum absolute atomic E-state index is 13.4. The van der Waals surface area contributed by atoms with Gasteiger partial charge in [-0.15, -0.1) is 0 Å². The lowest BCUT2D eigenvalue weighted by atomic mass is 9.81. The molecule has 12 nitrogen and oxygen atoms in total. The second-order valence-electron chi connectivity index (χ2n) is 15.4. The number of pyridine rings is 1. The molecule has 304 valence electrons. The number of phenolic OH excluding ortho intramolecular Hbond substituents is 1. The number of H-pyrrole nitrogens is 1. The molecule has 8 rings (SSSR count). The number of hydrogen-bond acceptors (Lipinski definition) is 8. The molecule has 3 aliphatic rings. The largest absolute Gasteiger partial charge is 0.506 e. The zero-order valence-corrected chi connectivity index (χ0v) is 32.9. The molecule has 3 fully saturated rings. The smallest absolute Gasteiger partial charge is 0.408 e. The van der Waals surface area contributed by atoms with Crippen molar-refractivity contribution in [2.45, 2.75) is 57.4 Å². The third kappa shape index (κ3) is 9.36. The molecule has 2 amide bonds. The SMILES string of the molecule is CCN(CCCCNCC(O)c1ccc(O)c2[nH]c(=O)ccc12)C(=O)c1ccc(COc2cccc([C@H](c3ccccc3)N(C(=O)O)C3CN4CCC3CC4)c2)cc1. The van der Waals surface area contributed by atoms with Crippen LogP contribution in [0.3, 0.4) is 0 Å². The highest BCUT2D eigenvalue weighted by molar-refractivity contribution is 5.94. The van der Waals surface area contributed by atoms with Crippen molar-refractivity contribution >= 4 is 22.9 Å². The lowest BCUT2D eigenvalue weighted by Crippen LogP contribution is -2.59. The fourth-order valence-electron chi connectivity index (χ4n) is 8.56. The van der Waals surface area contributed by atoms with E-state index >= 15 is 0 Å². The van der Waals surface area contributed by atoms with Crippen LogP contribution < -0.4 is 15.6 Å². The fourth-order valence-corrected chi connectivity index (χ4v) is 8.56. The Balaban J connectivity index is 0.911. The van der Waals surface area contributed by atoms with Crippen LogP contribution in [0.25, 0.3) is 10.9 Å². The Hall–Kier alpha value is -5.69. The molecule has 2 bridgehead atoms. The second kappa shape index (κ2) is 18.7. The van der Waals surface area contributed by atoms with Crippen molar-refractivity contribution in [2.75, 3.05) is 45.8 Å². The highest BCUT2D eigenvalue weighted by atomic mass is 16.5. The number of unbranched alkanes of at least 4 members (excludes halogenated alkanes) is 1. The molecule has 4 heterocycles. The number of phenols is 1. The van der Waals surface area contributed by atoms with Crippen LogP contribution in [-0.4, -0.2) is 98.9 Å². The van der Waals surface area contributed by atoms with Crippen molar-refractivity contribution in [1.29, 1.82) is 0 Å². The number of piperidine rings is 3. The molecular formula is C46H53N5O7. The Labute approximate surface area is 338 Å². The summed E-state index contributed by atoms with van der Waals surface area (Å²) in [5, 5.41) is 35.5. The van der Waals surface area contributed by atoms with E-state index in [1.54, 1.807) is 17.0 Å². The average Bonchev–Trinajstić information content (AvgIpc) is 3.25. The van der Waals surface area contributed by atoms with Crippen LogP contribution in [0.15, 0.2) is 108 Å². The number of carboxylic acid groups (broad SMARTS) is 1. The van der Waals surface area contributed by atoms with Gasteiger partial charge >= 0.3 is 6.09 Å². The summed E-state index contributed by atoms with van der Waals surface area (Å²) in [6, 6.07) is 30.6. The number of hydrogen-bond donors (Lipinski definition) is 5. The summed E-state index contributed by atoms with van der Waals surface area (Å²) in [7, 11) is 0. The van der Waals surface area contributed by atoms with Gasteiger partial charge in [0.25, 0.3) is 5.91 Å². The van der Waals surface area contributed by atoms with Gasteiger partial charge in [-0.05, 0) is 117 Å². The van der Waals surface area contributed by atoms with Crippen LogP contribution in [0, 0.1) is 5.92 Å². The molecule has 5 N–H and O–H groups in total. The van der Waals surface area contributed by atoms with Crippen molar-refractivity contribution < 1.29 is 29.6 Å². The number of aliphatic hydroxyl groups is 1. The molecule has 5 aromatic rings. The third-order valence-corrected chi connectivity index (χ3v) is 11.7. The lowest BCUT2D eigenvalue weighted by Gasteiger charge is -2.50. The molecule has 3 saturated heterocycles. The molecule has 3 aliphatic heterocycles. The number of aromatic hydroxyl groups is 1. The van der Waals surface area contributed by atoms with Gasteiger partial charge in [-0.2, -0.15) is 0 Å². The summed E-state index contributed by atoms with van der Waals surface area (Å²) >= 11 is 0. The van der Waals surface area contributed by atoms with Gasteiger partial charge in [0.1, 0.15) is 18.1 Å². The summed E-state index contributed by atoms with van der Waals surface area (Å²) in [4.78, 5) is 46.7. The molecule has 12 heteroatoms. The topological polar surface area (TPSA) is 159 Å². The number of aromatic nitrogens is 1. The van der Waals surface area contributed by atoms with Crippen LogP contribution in [0.2, 0.25) is 0 Å². The lowest BCUT2D eigenvalue weighted by molar-refractivity contribution is -0.000814. The molecule has 3 atom stereocenters. The zero-order valence-electron chi connectivity index (χ0n) is 32.9. The van der Waals surface area contributed by atoms with Crippen LogP contribution >= 0.6 is 0 Å². The van der Waals surface area contributed by atoms with Gasteiger partial charge in [0, 0.05) is 43.2 Å². The standard InChI is InChI=1S/C46H53N5O7/c1-2-50(24-7-6-23-47-28-41(53)37-17-19-40(52)43-38(37)18-20-42(54)48-43)45(55)34-15-13-31(14-16-34)30-58-36-12-8-11-35(27-36)44(33-9-4-3-5-10-33)51(46(56)57)39-29-49-25-21-32(39)22-26-49/h3-5,8-20,27,32,39,41,44,47,52-53H,2,6-7,21-26,28-30H2,1H3,(H,48,54)(H,56,57)/t39?,41?,44-/m0/s1. The summed E-state index contributed by atoms with van der Waals surface area (Å²) < 4.78 is 6.26. The molecular weight excluding hydrogens is 735 g/mol. The normalized spacial score (nSPS) is 18.4. The van der Waals surface area contributed by atoms with E-state index in [-0.39, 0.29) is 29.9 Å². The van der Waals surface area contributed by atoms with Crippen molar-refractivity contribution in [3.63, 3.8) is 0 Å². The Bertz CT molecular complexity index is 2220. The Kier molecular flexibility index (Phi) is 13.1. The summed E-state index contributed by atoms with van der Waals surface area (Å²) in [5.41, 5.74) is 3.88. The van der Waals surface area contributed by atoms with E-state index < -0.39 is 18.2 Å². The Morgan fingerprint density at radius 2 is 1.69 bits per heavy atom. The predicted molar refractivity (Wildman–Crippen MR) is 223 cm³/mol. The van der Waals surface area contributed by atoms with Gasteiger partial charge in [-0.3, -0.25) is 14.5 Å². The number of amides is 2. The first-order valence-corrected chi connectivity index (χ1v) is 20.3. The molecule has 2 unspecified atom stereocenters. The average molecular weight is 788 g/mol. The molecule has 1 aromatic heterocycles. The predicted octanol–water partition coefficient (Wildman–Crippen LogP) is 6.54. The number of carbonyl (C=O) groups excluding carboxylic acids is 1. The number of nitrogens with one attached hydrogen (secondary N) is 2. The van der Waals surface area contributed by atoms with E-state index in [9.17, 15) is 29.7 Å². The number of aromatic amines is 1. The number of carbonyl (C=O) groups is 2. The van der Waals surface area contributed by atoms with Crippen LogP contribution in [0.4, 0.5) is 4.79 Å². The zero-order chi connectivity index (χ0) is 40.6. The number of ether oxygens (including phenoxy) is 1. The number of fused-ring (bicyclic) bond motifs is 4. The van der Waals surface area contributed by atoms with Gasteiger partial charge in [-0.1, -0.05) is 60.7 Å². The summed E-state index contributed by atoms with van der Waals surface area (Å²) in [6.45, 7) is 7.19. The molecule has 0 aliphatic carbocycles. The molecule has 0 radical (unpaired) electrons. The van der Waals surface area contributed by atoms with E-state index in [1.807, 2.05) is 90.7 Å². The molecule has 0 saturated carbocycles. The van der Waals surface area contributed by atoms with Crippen LogP contribution in [-0.2, 0) is 6.61 Å². The van der Waals surface area contributed by atoms with E-state index in [0.717, 1.165) is 62.0 Å². The number of nitrogens with zero attached hydrogens (tertiary/aromatic N) is 3. The first-order chi connectivity index (χ1) is 28.2. The van der Waals surface area contributed by atoms with Crippen LogP contribution in [0.5, 0.6) is 11.5 Å². The monoisotopic (exact) mass is 787 g/mol. The minimum absolute atomic E-state index is 0.0405. The number of benzene rings is 4. The maximum atomic E-state index is 13.4. The number of rotatable bonds is 17. The Morgan fingerprint density at radius 3 is 2.40 bits per heavy atom. The maximum Gasteiger partial charge on any atom is 0.408 e. The first kappa shape index (κ1) is 40.5. The minimum Gasteiger partial charge on any atom is -0.506 e. The van der Waals surface area contributed by atoms with Crippen LogP contribution in [0.1, 0.15) is 77.4 Å². The van der Waals surface area contributed by atoms with Gasteiger partial charge in [0.2, 0.25) is 5.56 Å². The Morgan fingerprint density at radius 1 is 0.931 bits per heavy atom. The third-order valence-electron chi connectivity index (χ3n) is 11.7. The van der Waals surface area contributed by atoms with E-state index in [2.05, 4.69) is 15.2 Å². The van der Waals surface area contributed by atoms with E-state index in [0.29, 0.717) is 59.9 Å². The molecule has 0 spiro atoms. The number of aliphatic hydroxyl groups excluding tert-OH is 1. The summed E-state index contributed by atoms with van der Waals surface area (Å²) in [6.07, 6.45) is 1.87. The highest BCUT2D eigenvalue weighted by Crippen LogP contribution is 2.39. The first-order valence-electron chi connectivity index (χ1n) is 20.3. The quantitative estimate of drug-likeness (QED) is 0.0660. The van der Waals surface area contributed by atoms with Crippen molar-refractivity contribution in [1.82, 2.24) is 25.0 Å². The minimum atomic E-state index is -0.915. The van der Waals surface area contributed by atoms with Gasteiger partial charge in [0.15, 0.2) is 0 Å².